The van der Waals surface area contributed by atoms with Crippen LogP contribution in [-0.4, -0.2) is 41.8 Å². The minimum absolute atomic E-state index is 0.320. The van der Waals surface area contributed by atoms with E-state index in [1.54, 1.807) is 9.74 Å². The molecule has 1 aromatic rings. The third-order valence-electron chi connectivity index (χ3n) is 1.28. The van der Waals surface area contributed by atoms with Crippen molar-refractivity contribution in [2.24, 2.45) is 0 Å². The van der Waals surface area contributed by atoms with E-state index in [-0.39, 0.29) is 0 Å². The van der Waals surface area contributed by atoms with Crippen LogP contribution in [0.5, 0.6) is 0 Å². The Hall–Kier alpha value is 0.799. The van der Waals surface area contributed by atoms with Gasteiger partial charge in [0.15, 0.2) is 0 Å². The summed E-state index contributed by atoms with van der Waals surface area (Å²) in [7, 11) is 0. The number of benzene rings is 1. The predicted molar refractivity (Wildman–Crippen MR) is 42.0 cm³/mol. The third-order valence-corrected chi connectivity index (χ3v) is 11.5. The third kappa shape index (κ3) is 1.28. The Bertz CT molecular complexity index is 197. The molecule has 0 atom stereocenters. The van der Waals surface area contributed by atoms with Crippen LogP contribution in [0.2, 0.25) is 2.52 Å². The van der Waals surface area contributed by atoms with E-state index >= 15 is 0 Å². The molecule has 0 unspecified atom stereocenters. The van der Waals surface area contributed by atoms with Crippen molar-refractivity contribution < 1.29 is 0 Å². The monoisotopic (exact) mass is 350 g/mol. The molecule has 0 bridgehead atoms. The second-order valence-corrected chi connectivity index (χ2v) is 11.2. The molecule has 2 rings (SSSR count). The van der Waals surface area contributed by atoms with Gasteiger partial charge in [0, 0.05) is 0 Å². The molecule has 0 amide bonds. The van der Waals surface area contributed by atoms with Gasteiger partial charge in [0.25, 0.3) is 0 Å². The van der Waals surface area contributed by atoms with Gasteiger partial charge in [-0.15, -0.1) is 0 Å². The first-order valence-corrected chi connectivity index (χ1v) is 8.44. The summed E-state index contributed by atoms with van der Waals surface area (Å²) < 4.78 is 5.13. The molecule has 1 aromatic carbocycles. The summed E-state index contributed by atoms with van der Waals surface area (Å²) in [6.45, 7) is 0. The van der Waals surface area contributed by atoms with Gasteiger partial charge in [-0.3, -0.25) is 0 Å². The normalized spacial score (nSPS) is 15.6. The van der Waals surface area contributed by atoms with Crippen molar-refractivity contribution in [1.82, 2.24) is 0 Å². The maximum atomic E-state index is 2.33. The molecular formula is C7H6Te2. The summed E-state index contributed by atoms with van der Waals surface area (Å²) in [5.41, 5.74) is 0. The standard InChI is InChI=1S/C7H6Te2/c1-2-4-7-6(3-1)8-5-9-7/h1-4H,5H2. The summed E-state index contributed by atoms with van der Waals surface area (Å²) >= 11 is 0.641. The predicted octanol–water partition coefficient (Wildman–Crippen LogP) is -0.265. The molecule has 1 heterocycles. The molecule has 0 aliphatic carbocycles. The van der Waals surface area contributed by atoms with Crippen LogP contribution in [0.4, 0.5) is 0 Å². The van der Waals surface area contributed by atoms with E-state index in [1.807, 2.05) is 0 Å². The van der Waals surface area contributed by atoms with Gasteiger partial charge in [-0.25, -0.2) is 0 Å². The second-order valence-electron chi connectivity index (χ2n) is 1.85. The van der Waals surface area contributed by atoms with Crippen LogP contribution in [0.1, 0.15) is 0 Å². The molecule has 2 heteroatoms. The van der Waals surface area contributed by atoms with Crippen molar-refractivity contribution in [2.45, 2.75) is 2.52 Å². The first-order valence-electron chi connectivity index (χ1n) is 2.81. The van der Waals surface area contributed by atoms with Gasteiger partial charge >= 0.3 is 75.9 Å². The molecule has 0 saturated heterocycles. The van der Waals surface area contributed by atoms with Crippen LogP contribution >= 0.6 is 0 Å². The molecule has 0 saturated carbocycles. The van der Waals surface area contributed by atoms with Crippen LogP contribution in [0.3, 0.4) is 0 Å². The van der Waals surface area contributed by atoms with E-state index in [9.17, 15) is 0 Å². The maximum absolute atomic E-state index is 2.33. The van der Waals surface area contributed by atoms with E-state index in [4.69, 9.17) is 0 Å². The number of fused-ring (bicyclic) bond motifs is 1. The molecular weight excluding hydrogens is 339 g/mol. The quantitative estimate of drug-likeness (QED) is 0.568. The van der Waals surface area contributed by atoms with E-state index in [2.05, 4.69) is 24.3 Å². The Kier molecular flexibility index (Phi) is 2.03. The molecule has 9 heavy (non-hydrogen) atoms. The molecule has 46 valence electrons. The first kappa shape index (κ1) is 6.51. The van der Waals surface area contributed by atoms with Gasteiger partial charge in [0.1, 0.15) is 0 Å². The van der Waals surface area contributed by atoms with Crippen LogP contribution in [0.15, 0.2) is 24.3 Å². The Labute approximate surface area is 75.2 Å². The molecule has 1 aliphatic rings. The topological polar surface area (TPSA) is 0 Å². The number of rotatable bonds is 0. The van der Waals surface area contributed by atoms with E-state index in [1.165, 1.54) is 0 Å². The SMILES string of the molecule is c1ccc2c(c1)[Te]C[Te]2. The van der Waals surface area contributed by atoms with Gasteiger partial charge in [-0.1, -0.05) is 0 Å². The first-order chi connectivity index (χ1) is 4.47. The fraction of sp³-hybridized carbons (Fsp3) is 0.143. The van der Waals surface area contributed by atoms with Crippen LogP contribution in [-0.2, 0) is 0 Å². The average molecular weight is 345 g/mol. The average Bonchev–Trinajstić information content (AvgIpc) is 2.33. The van der Waals surface area contributed by atoms with Crippen LogP contribution < -0.4 is 7.22 Å². The zero-order valence-electron chi connectivity index (χ0n) is 4.83. The minimum atomic E-state index is 0.320. The van der Waals surface area contributed by atoms with Crippen molar-refractivity contribution in [2.75, 3.05) is 0 Å². The summed E-state index contributed by atoms with van der Waals surface area (Å²) in [4.78, 5) is 0. The Morgan fingerprint density at radius 3 is 2.11 bits per heavy atom. The molecule has 0 aromatic heterocycles. The van der Waals surface area contributed by atoms with Gasteiger partial charge in [0.05, 0.1) is 0 Å². The van der Waals surface area contributed by atoms with Gasteiger partial charge in [0.2, 0.25) is 0 Å². The van der Waals surface area contributed by atoms with Crippen LogP contribution in [0.25, 0.3) is 0 Å². The van der Waals surface area contributed by atoms with Crippen LogP contribution in [0, 0.1) is 0 Å². The molecule has 0 fully saturated rings. The van der Waals surface area contributed by atoms with Gasteiger partial charge in [-0.05, 0) is 0 Å². The zero-order chi connectivity index (χ0) is 6.10. The number of hydrogen-bond donors (Lipinski definition) is 0. The molecule has 0 radical (unpaired) electrons. The van der Waals surface area contributed by atoms with Gasteiger partial charge < -0.3 is 0 Å². The van der Waals surface area contributed by atoms with Crippen molar-refractivity contribution in [3.63, 3.8) is 0 Å². The second kappa shape index (κ2) is 2.81. The summed E-state index contributed by atoms with van der Waals surface area (Å²) in [6, 6.07) is 9.02. The molecule has 0 nitrogen and oxygen atoms in total. The Morgan fingerprint density at radius 2 is 1.56 bits per heavy atom. The fourth-order valence-corrected chi connectivity index (χ4v) is 12.2. The zero-order valence-corrected chi connectivity index (χ0v) is 9.49. The van der Waals surface area contributed by atoms with E-state index in [0.29, 0.717) is 41.8 Å². The summed E-state index contributed by atoms with van der Waals surface area (Å²) in [5, 5.41) is 0. The summed E-state index contributed by atoms with van der Waals surface area (Å²) in [6.07, 6.45) is 0. The molecule has 0 spiro atoms. The fourth-order valence-electron chi connectivity index (χ4n) is 0.845. The molecule has 1 aliphatic heterocycles. The Morgan fingerprint density at radius 1 is 1.00 bits per heavy atom. The van der Waals surface area contributed by atoms with Crippen molar-refractivity contribution >= 4 is 49.1 Å². The van der Waals surface area contributed by atoms with Crippen molar-refractivity contribution in [1.29, 1.82) is 0 Å². The van der Waals surface area contributed by atoms with Crippen molar-refractivity contribution in [3.8, 4) is 0 Å². The summed E-state index contributed by atoms with van der Waals surface area (Å²) in [5.74, 6) is 0. The van der Waals surface area contributed by atoms with Crippen molar-refractivity contribution in [3.05, 3.63) is 24.3 Å². The number of hydrogen-bond acceptors (Lipinski definition) is 0. The van der Waals surface area contributed by atoms with E-state index in [0.717, 1.165) is 0 Å². The molecule has 0 N–H and O–H groups in total. The van der Waals surface area contributed by atoms with Gasteiger partial charge in [-0.2, -0.15) is 0 Å². The Balaban J connectivity index is 2.54. The van der Waals surface area contributed by atoms with E-state index < -0.39 is 0 Å².